The van der Waals surface area contributed by atoms with Crippen LogP contribution in [0.4, 0.5) is 0 Å². The van der Waals surface area contributed by atoms with Crippen molar-refractivity contribution in [2.24, 2.45) is 0 Å². The molecule has 82 valence electrons. The zero-order valence-electron chi connectivity index (χ0n) is 8.65. The fraction of sp³-hybridized carbons (Fsp3) is 0.0833. The van der Waals surface area contributed by atoms with E-state index in [0.29, 0.717) is 0 Å². The van der Waals surface area contributed by atoms with Gasteiger partial charge in [0.15, 0.2) is 0 Å². The van der Waals surface area contributed by atoms with Crippen molar-refractivity contribution in [3.63, 3.8) is 0 Å². The van der Waals surface area contributed by atoms with Crippen LogP contribution in [0.1, 0.15) is 5.69 Å². The van der Waals surface area contributed by atoms with E-state index in [4.69, 9.17) is 11.8 Å². The van der Waals surface area contributed by atoms with Gasteiger partial charge in [0.05, 0.1) is 0 Å². The number of benzene rings is 1. The third kappa shape index (κ3) is 2.94. The summed E-state index contributed by atoms with van der Waals surface area (Å²) in [7, 11) is 0. The monoisotopic (exact) mass is 265 g/mol. The Bertz CT molecular complexity index is 499. The summed E-state index contributed by atoms with van der Waals surface area (Å²) in [6.45, 7) is 0. The van der Waals surface area contributed by atoms with Gasteiger partial charge in [0, 0.05) is 23.3 Å². The van der Waals surface area contributed by atoms with E-state index in [-0.39, 0.29) is 0 Å². The Hall–Kier alpha value is -0.630. The largest absolute Gasteiger partial charge is 0.261 e. The zero-order valence-corrected chi connectivity index (χ0v) is 11.3. The van der Waals surface area contributed by atoms with Crippen molar-refractivity contribution < 1.29 is 0 Å². The Morgan fingerprint density at radius 1 is 1.06 bits per heavy atom. The van der Waals surface area contributed by atoms with Crippen LogP contribution in [-0.4, -0.2) is 4.98 Å². The minimum absolute atomic E-state index is 0.760. The molecule has 0 spiro atoms. The van der Waals surface area contributed by atoms with Crippen LogP contribution in [0.25, 0.3) is 0 Å². The van der Waals surface area contributed by atoms with E-state index in [0.717, 1.165) is 17.2 Å². The second-order valence-corrected chi connectivity index (χ2v) is 10.5. The zero-order chi connectivity index (χ0) is 11.4. The second kappa shape index (κ2) is 5.13. The molecule has 1 heterocycles. The molecule has 0 fully saturated rings. The van der Waals surface area contributed by atoms with Crippen LogP contribution in [0.5, 0.6) is 0 Å². The average molecular weight is 265 g/mol. The fourth-order valence-corrected chi connectivity index (χ4v) is 4.51. The third-order valence-electron chi connectivity index (χ3n) is 2.26. The molecule has 0 saturated carbocycles. The van der Waals surface area contributed by atoms with Crippen LogP contribution < -0.4 is 5.30 Å². The number of hydrogen-bond donors (Lipinski definition) is 1. The molecule has 0 bridgehead atoms. The lowest BCUT2D eigenvalue weighted by atomic mass is 10.4. The van der Waals surface area contributed by atoms with Gasteiger partial charge in [0.1, 0.15) is 0 Å². The molecule has 1 atom stereocenters. The van der Waals surface area contributed by atoms with Crippen LogP contribution >= 0.6 is 17.5 Å². The van der Waals surface area contributed by atoms with Gasteiger partial charge in [-0.2, -0.15) is 0 Å². The number of hydrogen-bond acceptors (Lipinski definition) is 2. The predicted octanol–water partition coefficient (Wildman–Crippen LogP) is 3.23. The number of nitrogens with zero attached hydrogens (tertiary/aromatic N) is 1. The molecule has 0 aliphatic heterocycles. The minimum Gasteiger partial charge on any atom is -0.261 e. The summed E-state index contributed by atoms with van der Waals surface area (Å²) in [5, 5.41) is -0.650. The van der Waals surface area contributed by atoms with Crippen molar-refractivity contribution in [3.05, 3.63) is 60.4 Å². The predicted molar refractivity (Wildman–Crippen MR) is 77.3 cm³/mol. The molecule has 1 nitrogen and oxygen atoms in total. The van der Waals surface area contributed by atoms with Crippen molar-refractivity contribution >= 4 is 34.6 Å². The van der Waals surface area contributed by atoms with E-state index in [1.807, 2.05) is 36.4 Å². The van der Waals surface area contributed by atoms with Crippen LogP contribution in [0.2, 0.25) is 0 Å². The maximum atomic E-state index is 5.63. The molecule has 1 unspecified atom stereocenters. The maximum absolute atomic E-state index is 5.63. The molecular weight excluding hydrogens is 253 g/mol. The number of pyridine rings is 1. The SMILES string of the molecule is S=P(S)(Cc1ccccn1)c1ccccc1. The Kier molecular flexibility index (Phi) is 3.80. The summed E-state index contributed by atoms with van der Waals surface area (Å²) < 4.78 is 0. The van der Waals surface area contributed by atoms with Crippen LogP contribution in [0.3, 0.4) is 0 Å². The first-order chi connectivity index (χ1) is 7.68. The molecule has 16 heavy (non-hydrogen) atoms. The lowest BCUT2D eigenvalue weighted by Crippen LogP contribution is -2.02. The highest BCUT2D eigenvalue weighted by molar-refractivity contribution is 8.65. The molecule has 0 radical (unpaired) electrons. The van der Waals surface area contributed by atoms with E-state index < -0.39 is 5.24 Å². The normalized spacial score (nSPS) is 14.3. The molecule has 4 heteroatoms. The minimum atomic E-state index is -1.80. The van der Waals surface area contributed by atoms with E-state index in [1.54, 1.807) is 6.20 Å². The first kappa shape index (κ1) is 11.8. The third-order valence-corrected chi connectivity index (χ3v) is 6.26. The first-order valence-corrected chi connectivity index (χ1v) is 9.10. The molecular formula is C12H12NPS2. The lowest BCUT2D eigenvalue weighted by Gasteiger charge is -2.15. The molecule has 0 aliphatic rings. The van der Waals surface area contributed by atoms with Gasteiger partial charge in [-0.05, 0) is 17.4 Å². The Balaban J connectivity index is 2.25. The summed E-state index contributed by atoms with van der Waals surface area (Å²) in [5.41, 5.74) is 1.02. The van der Waals surface area contributed by atoms with Crippen molar-refractivity contribution in [1.29, 1.82) is 0 Å². The summed E-state index contributed by atoms with van der Waals surface area (Å²) >= 11 is 10.3. The first-order valence-electron chi connectivity index (χ1n) is 4.96. The fourth-order valence-electron chi connectivity index (χ4n) is 1.46. The number of thiol groups is 1. The molecule has 0 N–H and O–H groups in total. The Labute approximate surface area is 106 Å². The van der Waals surface area contributed by atoms with Crippen LogP contribution in [0, 0.1) is 0 Å². The molecule has 2 rings (SSSR count). The van der Waals surface area contributed by atoms with Gasteiger partial charge in [0.25, 0.3) is 0 Å². The van der Waals surface area contributed by atoms with Gasteiger partial charge in [-0.1, -0.05) is 48.2 Å². The molecule has 0 saturated heterocycles. The van der Waals surface area contributed by atoms with Crippen molar-refractivity contribution in [2.75, 3.05) is 0 Å². The van der Waals surface area contributed by atoms with Crippen molar-refractivity contribution in [3.8, 4) is 0 Å². The highest BCUT2D eigenvalue weighted by Gasteiger charge is 2.15. The van der Waals surface area contributed by atoms with Crippen molar-refractivity contribution in [2.45, 2.75) is 6.16 Å². The highest BCUT2D eigenvalue weighted by atomic mass is 32.9. The van der Waals surface area contributed by atoms with Gasteiger partial charge in [-0.25, -0.2) is 0 Å². The number of aromatic nitrogens is 1. The van der Waals surface area contributed by atoms with Gasteiger partial charge in [0.2, 0.25) is 0 Å². The van der Waals surface area contributed by atoms with E-state index >= 15 is 0 Å². The molecule has 1 aromatic heterocycles. The quantitative estimate of drug-likeness (QED) is 0.676. The summed E-state index contributed by atoms with van der Waals surface area (Å²) in [6, 6.07) is 16.0. The summed E-state index contributed by atoms with van der Waals surface area (Å²) in [6.07, 6.45) is 2.56. The van der Waals surface area contributed by atoms with Crippen LogP contribution in [-0.2, 0) is 18.0 Å². The van der Waals surface area contributed by atoms with Gasteiger partial charge >= 0.3 is 0 Å². The van der Waals surface area contributed by atoms with Gasteiger partial charge < -0.3 is 0 Å². The van der Waals surface area contributed by atoms with Gasteiger partial charge in [-0.3, -0.25) is 4.98 Å². The van der Waals surface area contributed by atoms with Gasteiger partial charge in [-0.15, -0.1) is 12.2 Å². The molecule has 0 aliphatic carbocycles. The molecule has 1 aromatic carbocycles. The van der Waals surface area contributed by atoms with Crippen LogP contribution in [0.15, 0.2) is 54.7 Å². The second-order valence-electron chi connectivity index (χ2n) is 3.52. The highest BCUT2D eigenvalue weighted by Crippen LogP contribution is 2.52. The smallest absolute Gasteiger partial charge is 0.0464 e. The standard InChI is InChI=1S/C12H12NPS2/c15-14(16,12-7-2-1-3-8-12)10-11-6-4-5-9-13-11/h1-9H,10H2,(H,15,16). The molecule has 2 aromatic rings. The topological polar surface area (TPSA) is 12.9 Å². The van der Waals surface area contributed by atoms with E-state index in [1.165, 1.54) is 0 Å². The van der Waals surface area contributed by atoms with E-state index in [2.05, 4.69) is 29.4 Å². The summed E-state index contributed by atoms with van der Waals surface area (Å²) in [5.74, 6) is 0. The Morgan fingerprint density at radius 2 is 1.75 bits per heavy atom. The Morgan fingerprint density at radius 3 is 2.38 bits per heavy atom. The lowest BCUT2D eigenvalue weighted by molar-refractivity contribution is 1.17. The average Bonchev–Trinajstić information content (AvgIpc) is 2.31. The number of rotatable bonds is 3. The maximum Gasteiger partial charge on any atom is 0.0464 e. The van der Waals surface area contributed by atoms with Crippen molar-refractivity contribution in [1.82, 2.24) is 4.98 Å². The molecule has 0 amide bonds. The van der Waals surface area contributed by atoms with E-state index in [9.17, 15) is 0 Å². The summed E-state index contributed by atoms with van der Waals surface area (Å²) in [4.78, 5) is 4.30.